The molecule has 2 aromatic carbocycles. The number of hydrogen-bond acceptors (Lipinski definition) is 7. The third kappa shape index (κ3) is 4.55. The fourth-order valence-electron chi connectivity index (χ4n) is 2.69. The van der Waals surface area contributed by atoms with Crippen LogP contribution in [0.1, 0.15) is 25.0 Å². The van der Waals surface area contributed by atoms with E-state index in [9.17, 15) is 14.9 Å². The van der Waals surface area contributed by atoms with Crippen molar-refractivity contribution in [2.75, 3.05) is 13.2 Å². The molecule has 0 saturated heterocycles. The Morgan fingerprint density at radius 3 is 2.53 bits per heavy atom. The summed E-state index contributed by atoms with van der Waals surface area (Å²) in [7, 11) is 0. The van der Waals surface area contributed by atoms with Gasteiger partial charge in [-0.15, -0.1) is 0 Å². The van der Waals surface area contributed by atoms with Gasteiger partial charge in [0.2, 0.25) is 5.90 Å². The standard InChI is InChI=1S/C20H16Cl2N2O6/c1-3-28-17-9-11(7-15(22)18(17)29-4-2)8-16-20(25)30-19(23-16)13-10-12(24(26)27)5-6-14(13)21/h5-10H,3-4H2,1-2H3/b16-8+. The lowest BCUT2D eigenvalue weighted by molar-refractivity contribution is -0.384. The number of cyclic esters (lactones) is 1. The number of halogens is 2. The molecule has 3 rings (SSSR count). The molecule has 0 aliphatic carbocycles. The Morgan fingerprint density at radius 2 is 1.87 bits per heavy atom. The van der Waals surface area contributed by atoms with Crippen LogP contribution in [-0.2, 0) is 9.53 Å². The van der Waals surface area contributed by atoms with Crippen molar-refractivity contribution in [2.24, 2.45) is 4.99 Å². The number of carbonyl (C=O) groups excluding carboxylic acids is 1. The van der Waals surface area contributed by atoms with Crippen molar-refractivity contribution in [3.05, 3.63) is 67.3 Å². The third-order valence-electron chi connectivity index (χ3n) is 3.94. The number of rotatable bonds is 7. The summed E-state index contributed by atoms with van der Waals surface area (Å²) in [6.07, 6.45) is 1.46. The fourth-order valence-corrected chi connectivity index (χ4v) is 3.16. The first-order valence-corrected chi connectivity index (χ1v) is 9.65. The van der Waals surface area contributed by atoms with Crippen LogP contribution in [0.15, 0.2) is 41.0 Å². The third-order valence-corrected chi connectivity index (χ3v) is 4.55. The molecule has 10 heteroatoms. The monoisotopic (exact) mass is 450 g/mol. The number of nitro groups is 1. The Bertz CT molecular complexity index is 1080. The number of esters is 1. The zero-order chi connectivity index (χ0) is 21.8. The highest BCUT2D eigenvalue weighted by Crippen LogP contribution is 2.37. The molecule has 0 bridgehead atoms. The van der Waals surface area contributed by atoms with Gasteiger partial charge in [-0.05, 0) is 43.7 Å². The van der Waals surface area contributed by atoms with Gasteiger partial charge in [0.05, 0.1) is 33.7 Å². The number of nitrogens with zero attached hydrogens (tertiary/aromatic N) is 2. The molecule has 1 aliphatic rings. The summed E-state index contributed by atoms with van der Waals surface area (Å²) in [6, 6.07) is 7.04. The molecule has 1 aliphatic heterocycles. The molecule has 30 heavy (non-hydrogen) atoms. The highest BCUT2D eigenvalue weighted by molar-refractivity contribution is 6.34. The van der Waals surface area contributed by atoms with Crippen LogP contribution in [0.4, 0.5) is 5.69 Å². The number of aliphatic imine (C=N–C) groups is 1. The highest BCUT2D eigenvalue weighted by atomic mass is 35.5. The lowest BCUT2D eigenvalue weighted by Crippen LogP contribution is -2.06. The highest BCUT2D eigenvalue weighted by Gasteiger charge is 2.27. The molecule has 0 fully saturated rings. The number of hydrogen-bond donors (Lipinski definition) is 0. The van der Waals surface area contributed by atoms with Gasteiger partial charge in [-0.1, -0.05) is 23.2 Å². The summed E-state index contributed by atoms with van der Waals surface area (Å²) in [5.41, 5.74) is 0.455. The minimum atomic E-state index is -0.726. The van der Waals surface area contributed by atoms with Crippen LogP contribution < -0.4 is 9.47 Å². The fraction of sp³-hybridized carbons (Fsp3) is 0.200. The Kier molecular flexibility index (Phi) is 6.59. The Morgan fingerprint density at radius 1 is 1.13 bits per heavy atom. The maximum atomic E-state index is 12.3. The van der Waals surface area contributed by atoms with Crippen molar-refractivity contribution >= 4 is 46.8 Å². The second-order valence-electron chi connectivity index (χ2n) is 5.95. The average molecular weight is 451 g/mol. The molecule has 0 radical (unpaired) electrons. The second kappa shape index (κ2) is 9.15. The van der Waals surface area contributed by atoms with Crippen LogP contribution in [0.5, 0.6) is 11.5 Å². The zero-order valence-corrected chi connectivity index (χ0v) is 17.5. The summed E-state index contributed by atoms with van der Waals surface area (Å²) >= 11 is 12.4. The maximum Gasteiger partial charge on any atom is 0.363 e. The van der Waals surface area contributed by atoms with Gasteiger partial charge in [-0.25, -0.2) is 9.79 Å². The van der Waals surface area contributed by atoms with E-state index in [0.29, 0.717) is 35.3 Å². The first-order valence-electron chi connectivity index (χ1n) is 8.90. The minimum Gasteiger partial charge on any atom is -0.490 e. The van der Waals surface area contributed by atoms with Crippen LogP contribution in [0, 0.1) is 10.1 Å². The van der Waals surface area contributed by atoms with E-state index < -0.39 is 10.9 Å². The predicted molar refractivity (Wildman–Crippen MR) is 113 cm³/mol. The quantitative estimate of drug-likeness (QED) is 0.253. The lowest BCUT2D eigenvalue weighted by Gasteiger charge is -2.13. The molecule has 0 aromatic heterocycles. The van der Waals surface area contributed by atoms with E-state index in [2.05, 4.69) is 4.99 Å². The minimum absolute atomic E-state index is 0.0183. The predicted octanol–water partition coefficient (Wildman–Crippen LogP) is 5.04. The number of non-ortho nitro benzene ring substituents is 1. The van der Waals surface area contributed by atoms with Crippen molar-refractivity contribution in [1.29, 1.82) is 0 Å². The van der Waals surface area contributed by atoms with Gasteiger partial charge >= 0.3 is 5.97 Å². The van der Waals surface area contributed by atoms with E-state index in [1.54, 1.807) is 12.1 Å². The Balaban J connectivity index is 2.01. The number of carbonyl (C=O) groups is 1. The van der Waals surface area contributed by atoms with E-state index in [1.807, 2.05) is 13.8 Å². The van der Waals surface area contributed by atoms with E-state index in [-0.39, 0.29) is 27.9 Å². The SMILES string of the molecule is CCOc1cc(/C=C2/N=C(c3cc([N+](=O)[O-])ccc3Cl)OC2=O)cc(Cl)c1OCC. The van der Waals surface area contributed by atoms with Gasteiger partial charge in [0.25, 0.3) is 5.69 Å². The zero-order valence-electron chi connectivity index (χ0n) is 16.0. The summed E-state index contributed by atoms with van der Waals surface area (Å²) in [5.74, 6) is -0.0155. The van der Waals surface area contributed by atoms with Crippen LogP contribution in [0.2, 0.25) is 10.0 Å². The number of ether oxygens (including phenoxy) is 3. The van der Waals surface area contributed by atoms with Crippen molar-refractivity contribution < 1.29 is 23.9 Å². The van der Waals surface area contributed by atoms with Crippen molar-refractivity contribution in [2.45, 2.75) is 13.8 Å². The van der Waals surface area contributed by atoms with Gasteiger partial charge in [0.1, 0.15) is 0 Å². The van der Waals surface area contributed by atoms with E-state index in [4.69, 9.17) is 37.4 Å². The molecule has 0 unspecified atom stereocenters. The average Bonchev–Trinajstić information content (AvgIpc) is 3.05. The molecule has 0 atom stereocenters. The van der Waals surface area contributed by atoms with Gasteiger partial charge in [0, 0.05) is 12.1 Å². The normalized spacial score (nSPS) is 14.5. The first-order chi connectivity index (χ1) is 14.3. The summed E-state index contributed by atoms with van der Waals surface area (Å²) < 4.78 is 16.3. The summed E-state index contributed by atoms with van der Waals surface area (Å²) in [4.78, 5) is 26.9. The molecule has 8 nitrogen and oxygen atoms in total. The second-order valence-corrected chi connectivity index (χ2v) is 6.77. The van der Waals surface area contributed by atoms with Gasteiger partial charge < -0.3 is 14.2 Å². The van der Waals surface area contributed by atoms with Crippen molar-refractivity contribution in [3.8, 4) is 11.5 Å². The van der Waals surface area contributed by atoms with Crippen LogP contribution in [-0.4, -0.2) is 30.0 Å². The van der Waals surface area contributed by atoms with E-state index >= 15 is 0 Å². The topological polar surface area (TPSA) is 100 Å². The van der Waals surface area contributed by atoms with Crippen LogP contribution in [0.3, 0.4) is 0 Å². The largest absolute Gasteiger partial charge is 0.490 e. The molecule has 2 aromatic rings. The number of benzene rings is 2. The summed E-state index contributed by atoms with van der Waals surface area (Å²) in [5, 5.41) is 11.5. The first kappa shape index (κ1) is 21.6. The van der Waals surface area contributed by atoms with E-state index in [0.717, 1.165) is 0 Å². The molecule has 0 saturated carbocycles. The molecule has 0 amide bonds. The Hall–Kier alpha value is -3.10. The van der Waals surface area contributed by atoms with Crippen molar-refractivity contribution in [3.63, 3.8) is 0 Å². The van der Waals surface area contributed by atoms with Crippen molar-refractivity contribution in [1.82, 2.24) is 0 Å². The van der Waals surface area contributed by atoms with Crippen LogP contribution in [0.25, 0.3) is 6.08 Å². The molecule has 0 N–H and O–H groups in total. The molecular weight excluding hydrogens is 435 g/mol. The van der Waals surface area contributed by atoms with Gasteiger partial charge in [0.15, 0.2) is 17.2 Å². The summed E-state index contributed by atoms with van der Waals surface area (Å²) in [6.45, 7) is 4.45. The molecular formula is C20H16Cl2N2O6. The Labute approximate surface area is 181 Å². The molecule has 156 valence electrons. The lowest BCUT2D eigenvalue weighted by atomic mass is 10.1. The maximum absolute atomic E-state index is 12.3. The number of nitro benzene ring substituents is 1. The smallest absolute Gasteiger partial charge is 0.363 e. The van der Waals surface area contributed by atoms with E-state index in [1.165, 1.54) is 24.3 Å². The molecule has 0 spiro atoms. The molecule has 1 heterocycles. The van der Waals surface area contributed by atoms with Gasteiger partial charge in [-0.2, -0.15) is 0 Å². The van der Waals surface area contributed by atoms with Gasteiger partial charge in [-0.3, -0.25) is 10.1 Å². The van der Waals surface area contributed by atoms with Crippen LogP contribution >= 0.6 is 23.2 Å².